The number of hydrogen-bond acceptors (Lipinski definition) is 6. The van der Waals surface area contributed by atoms with Gasteiger partial charge in [-0.2, -0.15) is 0 Å². The average molecular weight is 487 g/mol. The number of Topliss-reactive ketones (excluding diaryl/α,β-unsaturated/α-hetero) is 2. The van der Waals surface area contributed by atoms with E-state index in [1.807, 2.05) is 48.5 Å². The number of ether oxygens (including phenoxy) is 2. The maximum absolute atomic E-state index is 13.6. The Morgan fingerprint density at radius 3 is 2.31 bits per heavy atom. The van der Waals surface area contributed by atoms with Crippen LogP contribution in [0, 0.1) is 5.92 Å². The highest BCUT2D eigenvalue weighted by molar-refractivity contribution is 6.04. The van der Waals surface area contributed by atoms with E-state index in [9.17, 15) is 14.4 Å². The molecule has 1 fully saturated rings. The summed E-state index contributed by atoms with van der Waals surface area (Å²) < 4.78 is 11.8. The fourth-order valence-corrected chi connectivity index (χ4v) is 3.79. The van der Waals surface area contributed by atoms with Crippen LogP contribution >= 0.6 is 0 Å². The summed E-state index contributed by atoms with van der Waals surface area (Å²) in [4.78, 5) is 38.3. The van der Waals surface area contributed by atoms with Gasteiger partial charge in [-0.15, -0.1) is 0 Å². The van der Waals surface area contributed by atoms with Crippen molar-refractivity contribution in [2.45, 2.75) is 38.3 Å². The minimum atomic E-state index is -0.959. The van der Waals surface area contributed by atoms with E-state index >= 15 is 0 Å². The van der Waals surface area contributed by atoms with E-state index in [2.05, 4.69) is 5.32 Å². The summed E-state index contributed by atoms with van der Waals surface area (Å²) in [5.41, 5.74) is 7.63. The molecule has 7 heteroatoms. The molecule has 1 atom stereocenters. The number of carbonyl (C=O) groups is 3. The molecule has 1 unspecified atom stereocenters. The number of benzene rings is 3. The lowest BCUT2D eigenvalue weighted by Crippen LogP contribution is -2.44. The van der Waals surface area contributed by atoms with Gasteiger partial charge in [-0.3, -0.25) is 14.4 Å². The molecule has 3 aromatic carbocycles. The minimum absolute atomic E-state index is 0.0346. The van der Waals surface area contributed by atoms with Gasteiger partial charge in [-0.1, -0.05) is 48.5 Å². The van der Waals surface area contributed by atoms with Crippen molar-refractivity contribution in [1.82, 2.24) is 5.32 Å². The van der Waals surface area contributed by atoms with Crippen molar-refractivity contribution in [2.24, 2.45) is 5.92 Å². The molecule has 3 aromatic rings. The maximum atomic E-state index is 13.6. The highest BCUT2D eigenvalue weighted by atomic mass is 16.5. The molecule has 0 bridgehead atoms. The summed E-state index contributed by atoms with van der Waals surface area (Å²) in [6, 6.07) is 22.4. The lowest BCUT2D eigenvalue weighted by Gasteiger charge is -2.20. The molecular weight excluding hydrogens is 456 g/mol. The topological polar surface area (TPSA) is 108 Å². The van der Waals surface area contributed by atoms with Crippen LogP contribution in [-0.2, 0) is 20.9 Å². The highest BCUT2D eigenvalue weighted by Gasteiger charge is 2.30. The number of carbonyl (C=O) groups excluding carboxylic acids is 3. The molecule has 1 aliphatic rings. The predicted octanol–water partition coefficient (Wildman–Crippen LogP) is 4.70. The molecule has 1 saturated carbocycles. The Morgan fingerprint density at radius 2 is 1.61 bits per heavy atom. The van der Waals surface area contributed by atoms with Crippen LogP contribution in [0.1, 0.15) is 41.6 Å². The van der Waals surface area contributed by atoms with Crippen LogP contribution in [0.2, 0.25) is 0 Å². The first-order valence-electron chi connectivity index (χ1n) is 12.1. The number of nitrogen functional groups attached to an aromatic ring is 1. The van der Waals surface area contributed by atoms with E-state index in [0.29, 0.717) is 11.4 Å². The van der Waals surface area contributed by atoms with Gasteiger partial charge in [0.2, 0.25) is 5.91 Å². The van der Waals surface area contributed by atoms with Gasteiger partial charge in [0.05, 0.1) is 18.8 Å². The van der Waals surface area contributed by atoms with Crippen molar-refractivity contribution in [3.63, 3.8) is 0 Å². The van der Waals surface area contributed by atoms with Crippen LogP contribution < -0.4 is 15.8 Å². The van der Waals surface area contributed by atoms with Crippen LogP contribution in [-0.4, -0.2) is 30.1 Å². The van der Waals surface area contributed by atoms with E-state index in [0.717, 1.165) is 18.4 Å². The molecule has 0 heterocycles. The zero-order chi connectivity index (χ0) is 25.3. The Hall–Kier alpha value is -3.97. The van der Waals surface area contributed by atoms with E-state index in [1.54, 1.807) is 30.3 Å². The third kappa shape index (κ3) is 7.26. The maximum Gasteiger partial charge on any atom is 0.221 e. The standard InChI is InChI=1S/C29H30N2O5/c30-22-13-14-24(27(17-22)36-23-9-5-2-6-10-23)29(34)25(19-35-18-20-7-3-1-4-8-20)31-28(33)16-15-26(32)21-11-12-21/h1-10,13-14,17,21,25H,11-12,15-16,18-19,30H2,(H,31,33). The van der Waals surface area contributed by atoms with Crippen LogP contribution in [0.5, 0.6) is 11.5 Å². The second-order valence-electron chi connectivity index (χ2n) is 8.90. The highest BCUT2D eigenvalue weighted by Crippen LogP contribution is 2.31. The van der Waals surface area contributed by atoms with Crippen LogP contribution in [0.25, 0.3) is 0 Å². The van der Waals surface area contributed by atoms with Gasteiger partial charge in [0.15, 0.2) is 5.78 Å². The monoisotopic (exact) mass is 486 g/mol. The first-order chi connectivity index (χ1) is 17.5. The van der Waals surface area contributed by atoms with Crippen molar-refractivity contribution >= 4 is 23.2 Å². The van der Waals surface area contributed by atoms with Gasteiger partial charge in [0, 0.05) is 30.5 Å². The van der Waals surface area contributed by atoms with Gasteiger partial charge >= 0.3 is 0 Å². The Labute approximate surface area is 210 Å². The fraction of sp³-hybridized carbons (Fsp3) is 0.276. The quantitative estimate of drug-likeness (QED) is 0.268. The third-order valence-electron chi connectivity index (χ3n) is 5.92. The normalized spacial score (nSPS) is 13.6. The molecule has 0 aromatic heterocycles. The van der Waals surface area contributed by atoms with Crippen LogP contribution in [0.4, 0.5) is 5.69 Å². The number of nitrogens with two attached hydrogens (primary N) is 1. The molecule has 0 aliphatic heterocycles. The molecule has 0 saturated heterocycles. The Morgan fingerprint density at radius 1 is 0.917 bits per heavy atom. The largest absolute Gasteiger partial charge is 0.457 e. The summed E-state index contributed by atoms with van der Waals surface area (Å²) in [5, 5.41) is 2.77. The zero-order valence-electron chi connectivity index (χ0n) is 20.0. The number of para-hydroxylation sites is 1. The summed E-state index contributed by atoms with van der Waals surface area (Å²) in [6.07, 6.45) is 2.01. The number of nitrogens with one attached hydrogen (secondary N) is 1. The zero-order valence-corrected chi connectivity index (χ0v) is 20.0. The lowest BCUT2D eigenvalue weighted by atomic mass is 10.0. The van der Waals surface area contributed by atoms with Crippen molar-refractivity contribution in [3.8, 4) is 11.5 Å². The Bertz CT molecular complexity index is 1190. The van der Waals surface area contributed by atoms with Crippen LogP contribution in [0.3, 0.4) is 0 Å². The summed E-state index contributed by atoms with van der Waals surface area (Å²) in [5.74, 6) is 0.305. The van der Waals surface area contributed by atoms with E-state index in [-0.39, 0.29) is 60.8 Å². The number of rotatable bonds is 13. The number of amides is 1. The van der Waals surface area contributed by atoms with Gasteiger partial charge in [0.1, 0.15) is 23.3 Å². The van der Waals surface area contributed by atoms with Crippen molar-refractivity contribution in [2.75, 3.05) is 12.3 Å². The van der Waals surface area contributed by atoms with Crippen molar-refractivity contribution < 1.29 is 23.9 Å². The van der Waals surface area contributed by atoms with Crippen molar-refractivity contribution in [1.29, 1.82) is 0 Å². The van der Waals surface area contributed by atoms with Gasteiger partial charge in [0.25, 0.3) is 0 Å². The Kier molecular flexibility index (Phi) is 8.47. The first kappa shape index (κ1) is 25.1. The molecule has 0 radical (unpaired) electrons. The third-order valence-corrected chi connectivity index (χ3v) is 5.92. The molecule has 186 valence electrons. The minimum Gasteiger partial charge on any atom is -0.457 e. The predicted molar refractivity (Wildman–Crippen MR) is 137 cm³/mol. The molecule has 7 nitrogen and oxygen atoms in total. The molecule has 1 aliphatic carbocycles. The summed E-state index contributed by atoms with van der Waals surface area (Å²) >= 11 is 0. The molecule has 0 spiro atoms. The van der Waals surface area contributed by atoms with Crippen LogP contribution in [0.15, 0.2) is 78.9 Å². The molecule has 36 heavy (non-hydrogen) atoms. The first-order valence-corrected chi connectivity index (χ1v) is 12.1. The van der Waals surface area contributed by atoms with E-state index in [1.165, 1.54) is 0 Å². The summed E-state index contributed by atoms with van der Waals surface area (Å²) in [7, 11) is 0. The molecule has 3 N–H and O–H groups in total. The van der Waals surface area contributed by atoms with Gasteiger partial charge in [-0.25, -0.2) is 0 Å². The lowest BCUT2D eigenvalue weighted by molar-refractivity contribution is -0.126. The second-order valence-corrected chi connectivity index (χ2v) is 8.90. The average Bonchev–Trinajstić information content (AvgIpc) is 3.73. The SMILES string of the molecule is Nc1ccc(C(=O)C(COCc2ccccc2)NC(=O)CCC(=O)C2CC2)c(Oc2ccccc2)c1. The number of ketones is 2. The fourth-order valence-electron chi connectivity index (χ4n) is 3.79. The second kappa shape index (κ2) is 12.1. The molecular formula is C29H30N2O5. The summed E-state index contributed by atoms with van der Waals surface area (Å²) in [6.45, 7) is 0.251. The number of hydrogen-bond donors (Lipinski definition) is 2. The van der Waals surface area contributed by atoms with E-state index in [4.69, 9.17) is 15.2 Å². The Balaban J connectivity index is 1.49. The molecule has 4 rings (SSSR count). The van der Waals surface area contributed by atoms with E-state index < -0.39 is 6.04 Å². The molecule has 1 amide bonds. The van der Waals surface area contributed by atoms with Gasteiger partial charge in [-0.05, 0) is 42.7 Å². The smallest absolute Gasteiger partial charge is 0.221 e. The van der Waals surface area contributed by atoms with Crippen molar-refractivity contribution in [3.05, 3.63) is 90.0 Å². The number of anilines is 1. The van der Waals surface area contributed by atoms with Gasteiger partial charge < -0.3 is 20.5 Å².